The second-order valence-corrected chi connectivity index (χ2v) is 10.9. The number of alkyl halides is 3. The summed E-state index contributed by atoms with van der Waals surface area (Å²) in [7, 11) is 0. The van der Waals surface area contributed by atoms with Gasteiger partial charge in [0, 0.05) is 44.0 Å². The maximum Gasteiger partial charge on any atom is 0.276 e. The standard InChI is InChI=1S/C28H34F4N6O/c1-16(2)36-10-12-37(13-11-36)24-23-21(14-38(27(24)39)28(15-29)8-9-28)26(35-18(4)34-23)33-17(3)19-6-5-7-20(22(19)30)25(31)32/h5-7,14,16-17,25H,8-13,15H2,1-4H3,(H,33,34,35)/t17-/m1/s1. The Kier molecular flexibility index (Phi) is 7.30. The van der Waals surface area contributed by atoms with Crippen LogP contribution in [0, 0.1) is 12.7 Å². The molecular weight excluding hydrogens is 512 g/mol. The molecule has 1 saturated carbocycles. The minimum Gasteiger partial charge on any atom is -0.363 e. The van der Waals surface area contributed by atoms with E-state index in [0.717, 1.165) is 19.2 Å². The highest BCUT2D eigenvalue weighted by molar-refractivity contribution is 5.97. The molecule has 1 saturated heterocycles. The van der Waals surface area contributed by atoms with E-state index in [2.05, 4.69) is 34.0 Å². The molecule has 2 aromatic heterocycles. The SMILES string of the molecule is Cc1nc(N[C@H](C)c2cccc(C(F)F)c2F)c2cn(C3(CF)CC3)c(=O)c(N3CCN(C(C)C)CC3)c2n1. The van der Waals surface area contributed by atoms with Crippen LogP contribution in [-0.4, -0.2) is 58.3 Å². The number of piperazine rings is 1. The largest absolute Gasteiger partial charge is 0.363 e. The van der Waals surface area contributed by atoms with Crippen LogP contribution in [0.3, 0.4) is 0 Å². The molecule has 0 amide bonds. The zero-order valence-electron chi connectivity index (χ0n) is 22.6. The third-order valence-corrected chi connectivity index (χ3v) is 8.02. The van der Waals surface area contributed by atoms with Crippen molar-refractivity contribution in [1.82, 2.24) is 19.4 Å². The van der Waals surface area contributed by atoms with Crippen LogP contribution in [-0.2, 0) is 5.54 Å². The number of aromatic nitrogens is 3. The average molecular weight is 547 g/mol. The summed E-state index contributed by atoms with van der Waals surface area (Å²) in [4.78, 5) is 27.4. The molecule has 7 nitrogen and oxygen atoms in total. The summed E-state index contributed by atoms with van der Waals surface area (Å²) in [5.41, 5.74) is -0.942. The van der Waals surface area contributed by atoms with E-state index in [9.17, 15) is 22.4 Å². The lowest BCUT2D eigenvalue weighted by atomic mass is 10.0. The summed E-state index contributed by atoms with van der Waals surface area (Å²) < 4.78 is 57.3. The third kappa shape index (κ3) is 4.97. The quantitative estimate of drug-likeness (QED) is 0.385. The minimum atomic E-state index is -2.94. The number of anilines is 2. The molecule has 39 heavy (non-hydrogen) atoms. The van der Waals surface area contributed by atoms with Crippen molar-refractivity contribution >= 4 is 22.4 Å². The highest BCUT2D eigenvalue weighted by atomic mass is 19.3. The summed E-state index contributed by atoms with van der Waals surface area (Å²) in [6.07, 6.45) is -0.249. The Morgan fingerprint density at radius 2 is 1.72 bits per heavy atom. The van der Waals surface area contributed by atoms with Gasteiger partial charge in [-0.3, -0.25) is 9.69 Å². The van der Waals surface area contributed by atoms with E-state index in [1.807, 2.05) is 4.90 Å². The van der Waals surface area contributed by atoms with E-state index < -0.39 is 36.1 Å². The Hall–Kier alpha value is -3.21. The molecule has 1 N–H and O–H groups in total. The Morgan fingerprint density at radius 3 is 2.31 bits per heavy atom. The molecule has 0 unspecified atom stereocenters. The molecule has 1 aliphatic carbocycles. The average Bonchev–Trinajstić information content (AvgIpc) is 3.69. The van der Waals surface area contributed by atoms with Crippen LogP contribution in [0.4, 0.5) is 29.1 Å². The molecule has 11 heteroatoms. The van der Waals surface area contributed by atoms with Gasteiger partial charge in [0.25, 0.3) is 12.0 Å². The van der Waals surface area contributed by atoms with Gasteiger partial charge in [0.2, 0.25) is 0 Å². The Bertz CT molecular complexity index is 1430. The molecule has 210 valence electrons. The second kappa shape index (κ2) is 10.4. The Labute approximate surface area is 224 Å². The first-order chi connectivity index (χ1) is 18.6. The van der Waals surface area contributed by atoms with Crippen molar-refractivity contribution in [3.8, 4) is 0 Å². The molecule has 3 aromatic rings. The first-order valence-corrected chi connectivity index (χ1v) is 13.4. The summed E-state index contributed by atoms with van der Waals surface area (Å²) >= 11 is 0. The van der Waals surface area contributed by atoms with Gasteiger partial charge in [0.05, 0.1) is 22.5 Å². The van der Waals surface area contributed by atoms with Gasteiger partial charge in [-0.2, -0.15) is 0 Å². The van der Waals surface area contributed by atoms with Crippen LogP contribution in [0.25, 0.3) is 10.9 Å². The Balaban J connectivity index is 1.63. The number of hydrogen-bond donors (Lipinski definition) is 1. The van der Waals surface area contributed by atoms with E-state index in [4.69, 9.17) is 0 Å². The molecule has 3 heterocycles. The van der Waals surface area contributed by atoms with Crippen LogP contribution in [0.2, 0.25) is 0 Å². The van der Waals surface area contributed by atoms with Gasteiger partial charge in [0.1, 0.15) is 35.3 Å². The summed E-state index contributed by atoms with van der Waals surface area (Å²) in [5.74, 6) is -0.250. The van der Waals surface area contributed by atoms with Gasteiger partial charge in [-0.25, -0.2) is 27.5 Å². The molecule has 2 aliphatic rings. The van der Waals surface area contributed by atoms with Crippen LogP contribution in [0.1, 0.15) is 63.0 Å². The smallest absolute Gasteiger partial charge is 0.276 e. The number of rotatable bonds is 8. The molecule has 1 aliphatic heterocycles. The van der Waals surface area contributed by atoms with Gasteiger partial charge in [-0.1, -0.05) is 18.2 Å². The lowest BCUT2D eigenvalue weighted by Gasteiger charge is -2.38. The van der Waals surface area contributed by atoms with Crippen molar-refractivity contribution in [2.45, 2.75) is 64.6 Å². The molecule has 0 spiro atoms. The van der Waals surface area contributed by atoms with Crippen molar-refractivity contribution in [2.75, 3.05) is 43.1 Å². The second-order valence-electron chi connectivity index (χ2n) is 10.9. The van der Waals surface area contributed by atoms with E-state index in [1.54, 1.807) is 20.0 Å². The van der Waals surface area contributed by atoms with Gasteiger partial charge < -0.3 is 14.8 Å². The van der Waals surface area contributed by atoms with Gasteiger partial charge >= 0.3 is 0 Å². The molecule has 2 fully saturated rings. The van der Waals surface area contributed by atoms with Crippen molar-refractivity contribution < 1.29 is 17.6 Å². The highest BCUT2D eigenvalue weighted by Crippen LogP contribution is 2.44. The fourth-order valence-corrected chi connectivity index (χ4v) is 5.43. The van der Waals surface area contributed by atoms with Crippen molar-refractivity contribution in [1.29, 1.82) is 0 Å². The number of aryl methyl sites for hydroxylation is 1. The topological polar surface area (TPSA) is 66.3 Å². The normalized spacial score (nSPS) is 18.3. The van der Waals surface area contributed by atoms with Gasteiger partial charge in [0.15, 0.2) is 0 Å². The molecule has 1 aromatic carbocycles. The lowest BCUT2D eigenvalue weighted by molar-refractivity contribution is 0.146. The number of nitrogens with zero attached hydrogens (tertiary/aromatic N) is 5. The maximum absolute atomic E-state index is 14.9. The first kappa shape index (κ1) is 27.4. The predicted molar refractivity (Wildman–Crippen MR) is 144 cm³/mol. The number of fused-ring (bicyclic) bond motifs is 1. The molecule has 0 radical (unpaired) electrons. The van der Waals surface area contributed by atoms with Crippen LogP contribution >= 0.6 is 0 Å². The Morgan fingerprint density at radius 1 is 1.05 bits per heavy atom. The minimum absolute atomic E-state index is 0.0676. The molecule has 0 bridgehead atoms. The fraction of sp³-hybridized carbons (Fsp3) is 0.536. The lowest BCUT2D eigenvalue weighted by Crippen LogP contribution is -2.50. The number of nitrogens with one attached hydrogen (secondary N) is 1. The monoisotopic (exact) mass is 546 g/mol. The maximum atomic E-state index is 14.9. The zero-order chi connectivity index (χ0) is 28.1. The third-order valence-electron chi connectivity index (χ3n) is 8.02. The molecular formula is C28H34F4N6O. The first-order valence-electron chi connectivity index (χ1n) is 13.4. The van der Waals surface area contributed by atoms with E-state index in [1.165, 1.54) is 16.7 Å². The van der Waals surface area contributed by atoms with Crippen LogP contribution in [0.5, 0.6) is 0 Å². The van der Waals surface area contributed by atoms with E-state index in [-0.39, 0.29) is 11.1 Å². The highest BCUT2D eigenvalue weighted by Gasteiger charge is 2.46. The number of hydrogen-bond acceptors (Lipinski definition) is 6. The van der Waals surface area contributed by atoms with Crippen molar-refractivity contribution in [3.05, 3.63) is 57.5 Å². The summed E-state index contributed by atoms with van der Waals surface area (Å²) in [6.45, 7) is 9.72. The van der Waals surface area contributed by atoms with E-state index >= 15 is 0 Å². The zero-order valence-corrected chi connectivity index (χ0v) is 22.6. The van der Waals surface area contributed by atoms with Crippen molar-refractivity contribution in [3.63, 3.8) is 0 Å². The predicted octanol–water partition coefficient (Wildman–Crippen LogP) is 5.34. The van der Waals surface area contributed by atoms with Crippen molar-refractivity contribution in [2.24, 2.45) is 0 Å². The number of halogens is 4. The van der Waals surface area contributed by atoms with Gasteiger partial charge in [-0.05, 0) is 40.5 Å². The van der Waals surface area contributed by atoms with Crippen LogP contribution in [0.15, 0.2) is 29.2 Å². The number of benzene rings is 1. The fourth-order valence-electron chi connectivity index (χ4n) is 5.43. The van der Waals surface area contributed by atoms with Crippen LogP contribution < -0.4 is 15.8 Å². The molecule has 1 atom stereocenters. The number of pyridine rings is 1. The van der Waals surface area contributed by atoms with Gasteiger partial charge in [-0.15, -0.1) is 0 Å². The summed E-state index contributed by atoms with van der Waals surface area (Å²) in [6, 6.07) is 3.56. The van der Waals surface area contributed by atoms with E-state index in [0.29, 0.717) is 60.2 Å². The molecule has 5 rings (SSSR count). The summed E-state index contributed by atoms with van der Waals surface area (Å²) in [5, 5.41) is 3.66.